The molecule has 2 rings (SSSR count). The van der Waals surface area contributed by atoms with Gasteiger partial charge in [0, 0.05) is 19.9 Å². The quantitative estimate of drug-likeness (QED) is 0.930. The molecule has 1 aliphatic rings. The molecule has 0 saturated carbocycles. The molecule has 1 saturated heterocycles. The first-order valence-corrected chi connectivity index (χ1v) is 7.19. The largest absolute Gasteiger partial charge is 0.377 e. The molecule has 1 aromatic rings. The normalized spacial score (nSPS) is 22.6. The summed E-state index contributed by atoms with van der Waals surface area (Å²) in [7, 11) is 1.60. The first-order valence-electron chi connectivity index (χ1n) is 6.81. The van der Waals surface area contributed by atoms with Crippen LogP contribution in [-0.4, -0.2) is 23.2 Å². The second kappa shape index (κ2) is 6.41. The maximum absolute atomic E-state index is 12.3. The smallest absolute Gasteiger partial charge is 0.269 e. The minimum absolute atomic E-state index is 0.0354. The molecule has 1 fully saturated rings. The summed E-state index contributed by atoms with van der Waals surface area (Å²) in [5, 5.41) is 2.92. The standard InChI is InChI=1S/C14H19ClN2O3/c1-3-12-10(5-4-6-20-12)13(18)16-9-7-11(15)14(19)17(2)8-9/h7-8,10,12H,3-6H2,1-2H3,(H,16,18). The predicted molar refractivity (Wildman–Crippen MR) is 78.1 cm³/mol. The molecule has 1 aliphatic heterocycles. The molecule has 1 N–H and O–H groups in total. The minimum Gasteiger partial charge on any atom is -0.377 e. The summed E-state index contributed by atoms with van der Waals surface area (Å²) in [6, 6.07) is 1.48. The number of nitrogens with zero attached hydrogens (tertiary/aromatic N) is 1. The van der Waals surface area contributed by atoms with Gasteiger partial charge in [-0.2, -0.15) is 0 Å². The lowest BCUT2D eigenvalue weighted by Gasteiger charge is -2.30. The summed E-state index contributed by atoms with van der Waals surface area (Å²) in [4.78, 5) is 23.8. The minimum atomic E-state index is -0.280. The average molecular weight is 299 g/mol. The summed E-state index contributed by atoms with van der Waals surface area (Å²) in [5.74, 6) is -0.226. The van der Waals surface area contributed by atoms with Crippen LogP contribution in [0.3, 0.4) is 0 Å². The van der Waals surface area contributed by atoms with Crippen LogP contribution in [0.15, 0.2) is 17.1 Å². The molecule has 0 aromatic carbocycles. The maximum Gasteiger partial charge on any atom is 0.269 e. The lowest BCUT2D eigenvalue weighted by molar-refractivity contribution is -0.129. The molecular formula is C14H19ClN2O3. The highest BCUT2D eigenvalue weighted by Gasteiger charge is 2.30. The number of aryl methyl sites for hydroxylation is 1. The van der Waals surface area contributed by atoms with E-state index in [1.807, 2.05) is 6.92 Å². The zero-order valence-corrected chi connectivity index (χ0v) is 12.4. The maximum atomic E-state index is 12.3. The van der Waals surface area contributed by atoms with E-state index in [1.54, 1.807) is 13.2 Å². The fourth-order valence-electron chi connectivity index (χ4n) is 2.52. The lowest BCUT2D eigenvalue weighted by Crippen LogP contribution is -2.38. The summed E-state index contributed by atoms with van der Waals surface area (Å²) >= 11 is 5.83. The summed E-state index contributed by atoms with van der Waals surface area (Å²) in [6.07, 6.45) is 4.06. The Morgan fingerprint density at radius 2 is 2.35 bits per heavy atom. The molecule has 6 heteroatoms. The molecule has 2 unspecified atom stereocenters. The number of carbonyl (C=O) groups is 1. The van der Waals surface area contributed by atoms with E-state index in [0.29, 0.717) is 12.3 Å². The van der Waals surface area contributed by atoms with Gasteiger partial charge in [0.25, 0.3) is 5.56 Å². The third-order valence-electron chi connectivity index (χ3n) is 3.59. The third kappa shape index (κ3) is 3.22. The number of halogens is 1. The highest BCUT2D eigenvalue weighted by Crippen LogP contribution is 2.24. The summed E-state index contributed by atoms with van der Waals surface area (Å²) < 4.78 is 6.98. The van der Waals surface area contributed by atoms with Crippen molar-refractivity contribution < 1.29 is 9.53 Å². The van der Waals surface area contributed by atoms with Crippen molar-refractivity contribution >= 4 is 23.2 Å². The molecule has 1 amide bonds. The Labute approximate surface area is 122 Å². The van der Waals surface area contributed by atoms with Crippen molar-refractivity contribution in [1.82, 2.24) is 4.57 Å². The second-order valence-electron chi connectivity index (χ2n) is 5.05. The Morgan fingerprint density at radius 3 is 3.00 bits per heavy atom. The van der Waals surface area contributed by atoms with E-state index in [9.17, 15) is 9.59 Å². The summed E-state index contributed by atoms with van der Waals surface area (Å²) in [5.41, 5.74) is 0.250. The van der Waals surface area contributed by atoms with Crippen molar-refractivity contribution in [3.63, 3.8) is 0 Å². The van der Waals surface area contributed by atoms with Crippen LogP contribution in [0, 0.1) is 5.92 Å². The van der Waals surface area contributed by atoms with E-state index in [2.05, 4.69) is 5.32 Å². The highest BCUT2D eigenvalue weighted by atomic mass is 35.5. The summed E-state index contributed by atoms with van der Waals surface area (Å²) in [6.45, 7) is 2.73. The van der Waals surface area contributed by atoms with Crippen LogP contribution in [0.2, 0.25) is 5.02 Å². The van der Waals surface area contributed by atoms with Crippen LogP contribution >= 0.6 is 11.6 Å². The lowest BCUT2D eigenvalue weighted by atomic mass is 9.92. The van der Waals surface area contributed by atoms with Gasteiger partial charge in [-0.15, -0.1) is 0 Å². The SMILES string of the molecule is CCC1OCCCC1C(=O)Nc1cc(Cl)c(=O)n(C)c1. The average Bonchev–Trinajstić information content (AvgIpc) is 2.44. The monoisotopic (exact) mass is 298 g/mol. The van der Waals surface area contributed by atoms with Gasteiger partial charge in [0.05, 0.1) is 17.7 Å². The Morgan fingerprint density at radius 1 is 1.60 bits per heavy atom. The Bertz CT molecular complexity index is 530. The molecule has 0 spiro atoms. The number of hydrogen-bond donors (Lipinski definition) is 1. The van der Waals surface area contributed by atoms with E-state index < -0.39 is 0 Å². The van der Waals surface area contributed by atoms with E-state index in [4.69, 9.17) is 16.3 Å². The fourth-order valence-corrected chi connectivity index (χ4v) is 2.77. The van der Waals surface area contributed by atoms with E-state index in [0.717, 1.165) is 19.3 Å². The number of aromatic nitrogens is 1. The molecule has 0 aliphatic carbocycles. The van der Waals surface area contributed by atoms with E-state index in [1.165, 1.54) is 10.6 Å². The van der Waals surface area contributed by atoms with Crippen LogP contribution < -0.4 is 10.9 Å². The first-order chi connectivity index (χ1) is 9.52. The van der Waals surface area contributed by atoms with Gasteiger partial charge >= 0.3 is 0 Å². The Hall–Kier alpha value is -1.33. The molecule has 2 heterocycles. The molecule has 20 heavy (non-hydrogen) atoms. The Kier molecular flexibility index (Phi) is 4.83. The zero-order valence-electron chi connectivity index (χ0n) is 11.7. The van der Waals surface area contributed by atoms with Crippen molar-refractivity contribution in [3.05, 3.63) is 27.6 Å². The van der Waals surface area contributed by atoms with Crippen LogP contribution in [0.4, 0.5) is 5.69 Å². The van der Waals surface area contributed by atoms with Crippen molar-refractivity contribution in [3.8, 4) is 0 Å². The number of ether oxygens (including phenoxy) is 1. The second-order valence-corrected chi connectivity index (χ2v) is 5.46. The highest BCUT2D eigenvalue weighted by molar-refractivity contribution is 6.30. The van der Waals surface area contributed by atoms with Crippen molar-refractivity contribution in [2.45, 2.75) is 32.3 Å². The molecule has 0 bridgehead atoms. The number of rotatable bonds is 3. The molecule has 0 radical (unpaired) electrons. The molecule has 5 nitrogen and oxygen atoms in total. The Balaban J connectivity index is 2.13. The van der Waals surface area contributed by atoms with Gasteiger partial charge in [-0.1, -0.05) is 18.5 Å². The van der Waals surface area contributed by atoms with Crippen LogP contribution in [-0.2, 0) is 16.6 Å². The zero-order chi connectivity index (χ0) is 14.7. The predicted octanol–water partition coefficient (Wildman–Crippen LogP) is 2.18. The van der Waals surface area contributed by atoms with Gasteiger partial charge in [-0.3, -0.25) is 9.59 Å². The number of nitrogens with one attached hydrogen (secondary N) is 1. The van der Waals surface area contributed by atoms with Crippen LogP contribution in [0.25, 0.3) is 0 Å². The molecule has 2 atom stereocenters. The van der Waals surface area contributed by atoms with E-state index in [-0.39, 0.29) is 28.5 Å². The van der Waals surface area contributed by atoms with Gasteiger partial charge in [-0.25, -0.2) is 0 Å². The van der Waals surface area contributed by atoms with Gasteiger partial charge in [0.15, 0.2) is 0 Å². The van der Waals surface area contributed by atoms with Gasteiger partial charge < -0.3 is 14.6 Å². The number of anilines is 1. The van der Waals surface area contributed by atoms with Crippen molar-refractivity contribution in [2.24, 2.45) is 13.0 Å². The van der Waals surface area contributed by atoms with Crippen LogP contribution in [0.5, 0.6) is 0 Å². The number of carbonyl (C=O) groups excluding carboxylic acids is 1. The van der Waals surface area contributed by atoms with Gasteiger partial charge in [-0.05, 0) is 25.3 Å². The first kappa shape index (κ1) is 15.1. The van der Waals surface area contributed by atoms with Crippen molar-refractivity contribution in [1.29, 1.82) is 0 Å². The number of pyridine rings is 1. The molecule has 110 valence electrons. The van der Waals surface area contributed by atoms with Gasteiger partial charge in [0.1, 0.15) is 5.02 Å². The van der Waals surface area contributed by atoms with Crippen LogP contribution in [0.1, 0.15) is 26.2 Å². The third-order valence-corrected chi connectivity index (χ3v) is 3.86. The molecular weight excluding hydrogens is 280 g/mol. The number of amides is 1. The fraction of sp³-hybridized carbons (Fsp3) is 0.571. The topological polar surface area (TPSA) is 60.3 Å². The van der Waals surface area contributed by atoms with Crippen molar-refractivity contribution in [2.75, 3.05) is 11.9 Å². The number of hydrogen-bond acceptors (Lipinski definition) is 3. The van der Waals surface area contributed by atoms with E-state index >= 15 is 0 Å². The molecule has 1 aromatic heterocycles. The van der Waals surface area contributed by atoms with Gasteiger partial charge in [0.2, 0.25) is 5.91 Å².